The average Bonchev–Trinajstić information content (AvgIpc) is 2.70. The first-order valence-corrected chi connectivity index (χ1v) is 7.30. The van der Waals surface area contributed by atoms with Gasteiger partial charge in [-0.25, -0.2) is 0 Å². The minimum absolute atomic E-state index is 0.00713. The highest BCUT2D eigenvalue weighted by Crippen LogP contribution is 2.60. The van der Waals surface area contributed by atoms with E-state index in [1.54, 1.807) is 19.9 Å². The molecule has 6 nitrogen and oxygen atoms in total. The minimum Gasteiger partial charge on any atom is -0.499 e. The van der Waals surface area contributed by atoms with E-state index in [1.165, 1.54) is 6.26 Å². The molecule has 0 unspecified atom stereocenters. The predicted octanol–water partition coefficient (Wildman–Crippen LogP) is 2.17. The summed E-state index contributed by atoms with van der Waals surface area (Å²) >= 11 is 0. The van der Waals surface area contributed by atoms with Crippen LogP contribution in [0.2, 0.25) is 0 Å². The number of allylic oxidation sites excluding steroid dienone is 3. The summed E-state index contributed by atoms with van der Waals surface area (Å²) in [6, 6.07) is 5.97. The molecule has 0 heterocycles. The lowest BCUT2D eigenvalue weighted by molar-refractivity contribution is -0.105. The van der Waals surface area contributed by atoms with Gasteiger partial charge in [-0.2, -0.15) is 15.8 Å². The van der Waals surface area contributed by atoms with Crippen LogP contribution in [0.3, 0.4) is 0 Å². The van der Waals surface area contributed by atoms with Gasteiger partial charge in [-0.1, -0.05) is 13.8 Å². The molecule has 1 aliphatic rings. The van der Waals surface area contributed by atoms with E-state index >= 15 is 0 Å². The second kappa shape index (κ2) is 6.55. The van der Waals surface area contributed by atoms with Gasteiger partial charge in [0, 0.05) is 23.1 Å². The molecule has 0 aromatic carbocycles. The summed E-state index contributed by atoms with van der Waals surface area (Å²) in [6.45, 7) is 6.95. The Labute approximate surface area is 136 Å². The molecule has 23 heavy (non-hydrogen) atoms. The Morgan fingerprint density at radius 2 is 1.78 bits per heavy atom. The van der Waals surface area contributed by atoms with Crippen LogP contribution in [0.5, 0.6) is 0 Å². The van der Waals surface area contributed by atoms with Crippen LogP contribution in [0.4, 0.5) is 0 Å². The SMILES string of the molecule is CC(C)O/C=C/[C@H](C)[C@@]1(C#N)C(N)=C(C=O)[C@@H](C)C1(C#N)C#N. The van der Waals surface area contributed by atoms with E-state index < -0.39 is 22.7 Å². The van der Waals surface area contributed by atoms with Crippen LogP contribution in [0.1, 0.15) is 27.7 Å². The first-order chi connectivity index (χ1) is 10.8. The maximum Gasteiger partial charge on any atom is 0.175 e. The fraction of sp³-hybridized carbons (Fsp3) is 0.529. The average molecular weight is 312 g/mol. The normalized spacial score (nSPS) is 27.3. The molecule has 0 fully saturated rings. The van der Waals surface area contributed by atoms with Crippen molar-refractivity contribution in [2.24, 2.45) is 28.4 Å². The maximum absolute atomic E-state index is 11.4. The van der Waals surface area contributed by atoms with Crippen molar-refractivity contribution in [2.45, 2.75) is 33.8 Å². The second-order valence-corrected chi connectivity index (χ2v) is 5.96. The zero-order chi connectivity index (χ0) is 17.8. The topological polar surface area (TPSA) is 124 Å². The fourth-order valence-electron chi connectivity index (χ4n) is 3.13. The molecule has 0 saturated heterocycles. The van der Waals surface area contributed by atoms with Gasteiger partial charge < -0.3 is 10.5 Å². The largest absolute Gasteiger partial charge is 0.499 e. The Kier molecular flexibility index (Phi) is 5.20. The van der Waals surface area contributed by atoms with Gasteiger partial charge in [-0.3, -0.25) is 4.79 Å². The first-order valence-electron chi connectivity index (χ1n) is 7.30. The van der Waals surface area contributed by atoms with E-state index in [9.17, 15) is 20.6 Å². The quantitative estimate of drug-likeness (QED) is 0.612. The van der Waals surface area contributed by atoms with Crippen molar-refractivity contribution >= 4 is 6.29 Å². The molecule has 120 valence electrons. The van der Waals surface area contributed by atoms with Crippen LogP contribution in [0.15, 0.2) is 23.6 Å². The summed E-state index contributed by atoms with van der Waals surface area (Å²) in [6.07, 6.45) is 3.52. The zero-order valence-electron chi connectivity index (χ0n) is 13.7. The number of hydrogen-bond donors (Lipinski definition) is 1. The molecule has 0 saturated carbocycles. The van der Waals surface area contributed by atoms with Gasteiger partial charge in [0.1, 0.15) is 11.7 Å². The molecular weight excluding hydrogens is 292 g/mol. The summed E-state index contributed by atoms with van der Waals surface area (Å²) in [5.41, 5.74) is 2.87. The summed E-state index contributed by atoms with van der Waals surface area (Å²) in [5.74, 6) is -1.35. The number of ether oxygens (including phenoxy) is 1. The number of carbonyl (C=O) groups excluding carboxylic acids is 1. The van der Waals surface area contributed by atoms with Gasteiger partial charge in [0.15, 0.2) is 5.41 Å². The predicted molar refractivity (Wildman–Crippen MR) is 82.7 cm³/mol. The maximum atomic E-state index is 11.4. The van der Waals surface area contributed by atoms with E-state index in [0.29, 0.717) is 6.29 Å². The molecular formula is C17H20N4O2. The lowest BCUT2D eigenvalue weighted by Crippen LogP contribution is -2.46. The van der Waals surface area contributed by atoms with Crippen LogP contribution in [-0.4, -0.2) is 12.4 Å². The molecule has 1 aliphatic carbocycles. The molecule has 0 aliphatic heterocycles. The summed E-state index contributed by atoms with van der Waals surface area (Å²) in [5, 5.41) is 29.2. The molecule has 2 N–H and O–H groups in total. The van der Waals surface area contributed by atoms with E-state index in [4.69, 9.17) is 10.5 Å². The summed E-state index contributed by atoms with van der Waals surface area (Å²) in [7, 11) is 0. The number of hydrogen-bond acceptors (Lipinski definition) is 6. The molecule has 0 aromatic rings. The van der Waals surface area contributed by atoms with Crippen molar-refractivity contribution in [3.63, 3.8) is 0 Å². The van der Waals surface area contributed by atoms with Crippen molar-refractivity contribution in [3.05, 3.63) is 23.6 Å². The van der Waals surface area contributed by atoms with Crippen molar-refractivity contribution in [2.75, 3.05) is 0 Å². The van der Waals surface area contributed by atoms with E-state index in [1.807, 2.05) is 26.0 Å². The zero-order valence-corrected chi connectivity index (χ0v) is 13.7. The van der Waals surface area contributed by atoms with Crippen molar-refractivity contribution in [1.29, 1.82) is 15.8 Å². The van der Waals surface area contributed by atoms with Crippen molar-refractivity contribution in [3.8, 4) is 18.2 Å². The Morgan fingerprint density at radius 1 is 1.22 bits per heavy atom. The third kappa shape index (κ3) is 2.35. The van der Waals surface area contributed by atoms with Gasteiger partial charge >= 0.3 is 0 Å². The highest BCUT2D eigenvalue weighted by molar-refractivity contribution is 5.79. The Hall–Kier alpha value is -2.78. The lowest BCUT2D eigenvalue weighted by atomic mass is 9.58. The van der Waals surface area contributed by atoms with Crippen LogP contribution >= 0.6 is 0 Å². The number of nitriles is 3. The molecule has 0 amide bonds. The highest BCUT2D eigenvalue weighted by Gasteiger charge is 2.66. The van der Waals surface area contributed by atoms with Crippen molar-refractivity contribution in [1.82, 2.24) is 0 Å². The number of nitrogens with zero attached hydrogens (tertiary/aromatic N) is 3. The monoisotopic (exact) mass is 312 g/mol. The van der Waals surface area contributed by atoms with Gasteiger partial charge in [0.2, 0.25) is 0 Å². The van der Waals surface area contributed by atoms with Crippen LogP contribution in [-0.2, 0) is 9.53 Å². The van der Waals surface area contributed by atoms with Crippen LogP contribution in [0.25, 0.3) is 0 Å². The van der Waals surface area contributed by atoms with Gasteiger partial charge in [0.05, 0.1) is 30.6 Å². The Balaban J connectivity index is 3.57. The number of aldehydes is 1. The van der Waals surface area contributed by atoms with E-state index in [-0.39, 0.29) is 17.4 Å². The van der Waals surface area contributed by atoms with Crippen LogP contribution < -0.4 is 5.73 Å². The van der Waals surface area contributed by atoms with Gasteiger partial charge in [0.25, 0.3) is 0 Å². The second-order valence-electron chi connectivity index (χ2n) is 5.96. The summed E-state index contributed by atoms with van der Waals surface area (Å²) < 4.78 is 5.33. The first kappa shape index (κ1) is 18.3. The third-order valence-electron chi connectivity index (χ3n) is 4.53. The molecule has 0 radical (unpaired) electrons. The number of nitrogens with two attached hydrogens (primary N) is 1. The smallest absolute Gasteiger partial charge is 0.175 e. The summed E-state index contributed by atoms with van der Waals surface area (Å²) in [4.78, 5) is 11.4. The lowest BCUT2D eigenvalue weighted by Gasteiger charge is -2.37. The molecule has 3 atom stereocenters. The minimum atomic E-state index is -1.73. The standard InChI is InChI=1S/C17H20N4O2/c1-11(2)23-6-5-12(3)17(10-20)15(21)14(7-22)13(4)16(17,8-18)9-19/h5-7,11-13H,21H2,1-4H3/b6-5+/t12-,13+,17-/m0/s1. The van der Waals surface area contributed by atoms with Crippen LogP contribution in [0, 0.1) is 56.7 Å². The number of carbonyl (C=O) groups is 1. The fourth-order valence-corrected chi connectivity index (χ4v) is 3.13. The molecule has 0 aromatic heterocycles. The van der Waals surface area contributed by atoms with E-state index in [0.717, 1.165) is 0 Å². The highest BCUT2D eigenvalue weighted by atomic mass is 16.5. The van der Waals surface area contributed by atoms with Gasteiger partial charge in [-0.15, -0.1) is 0 Å². The van der Waals surface area contributed by atoms with Crippen molar-refractivity contribution < 1.29 is 9.53 Å². The Morgan fingerprint density at radius 3 is 2.17 bits per heavy atom. The van der Waals surface area contributed by atoms with Gasteiger partial charge in [-0.05, 0) is 19.9 Å². The molecule has 1 rings (SSSR count). The molecule has 0 spiro atoms. The third-order valence-corrected chi connectivity index (χ3v) is 4.53. The Bertz CT molecular complexity index is 658. The molecule has 6 heteroatoms. The molecule has 0 bridgehead atoms. The van der Waals surface area contributed by atoms with E-state index in [2.05, 4.69) is 6.07 Å². The number of rotatable bonds is 5.